The smallest absolute Gasteiger partial charge is 0.193 e. The molecule has 3 heterocycles. The minimum atomic E-state index is 0.296. The monoisotopic (exact) mass is 393 g/mol. The summed E-state index contributed by atoms with van der Waals surface area (Å²) in [4.78, 5) is 12.2. The topological polar surface area (TPSA) is 43.3 Å². The molecule has 0 aromatic heterocycles. The maximum Gasteiger partial charge on any atom is 0.193 e. The maximum atomic E-state index is 5.50. The highest BCUT2D eigenvalue weighted by atomic mass is 16.5. The number of hydrogen-bond acceptors (Lipinski definition) is 4. The minimum Gasteiger partial charge on any atom is -0.381 e. The number of rotatable bonds is 6. The van der Waals surface area contributed by atoms with E-state index in [0.29, 0.717) is 5.54 Å². The van der Waals surface area contributed by atoms with Crippen LogP contribution in [-0.2, 0) is 4.74 Å². The standard InChI is InChI=1S/C22H43N5O/c1-23-21(26(3)14-7-20-8-17-28-18-9-20)24-19-22(10-15-25(2)16-11-22)27-12-5-4-6-13-27/h20H,4-19H2,1-3H3,(H,23,24). The van der Waals surface area contributed by atoms with E-state index < -0.39 is 0 Å². The number of nitrogens with zero attached hydrogens (tertiary/aromatic N) is 4. The van der Waals surface area contributed by atoms with Crippen molar-refractivity contribution in [3.8, 4) is 0 Å². The van der Waals surface area contributed by atoms with Crippen molar-refractivity contribution in [2.75, 3.05) is 73.6 Å². The molecule has 28 heavy (non-hydrogen) atoms. The second-order valence-electron chi connectivity index (χ2n) is 9.24. The zero-order valence-electron chi connectivity index (χ0n) is 18.6. The van der Waals surface area contributed by atoms with Gasteiger partial charge in [-0.3, -0.25) is 9.89 Å². The molecule has 0 saturated carbocycles. The second kappa shape index (κ2) is 10.8. The average Bonchev–Trinajstić information content (AvgIpc) is 2.75. The Kier molecular flexibility index (Phi) is 8.42. The maximum absolute atomic E-state index is 5.50. The zero-order valence-corrected chi connectivity index (χ0v) is 18.6. The SMILES string of the molecule is CN=C(NCC1(N2CCCCC2)CCN(C)CC1)N(C)CCC1CCOCC1. The van der Waals surface area contributed by atoms with E-state index in [1.165, 1.54) is 77.5 Å². The van der Waals surface area contributed by atoms with Gasteiger partial charge in [-0.2, -0.15) is 0 Å². The number of piperidine rings is 2. The molecule has 0 unspecified atom stereocenters. The summed E-state index contributed by atoms with van der Waals surface area (Å²) in [6.45, 7) is 8.92. The van der Waals surface area contributed by atoms with Crippen molar-refractivity contribution in [3.05, 3.63) is 0 Å². The van der Waals surface area contributed by atoms with E-state index in [0.717, 1.165) is 38.2 Å². The fourth-order valence-electron chi connectivity index (χ4n) is 5.15. The van der Waals surface area contributed by atoms with Gasteiger partial charge in [-0.15, -0.1) is 0 Å². The van der Waals surface area contributed by atoms with Crippen LogP contribution in [0.1, 0.15) is 51.4 Å². The van der Waals surface area contributed by atoms with E-state index in [1.54, 1.807) is 0 Å². The Morgan fingerprint density at radius 1 is 1.11 bits per heavy atom. The first-order chi connectivity index (χ1) is 13.6. The Bertz CT molecular complexity index is 477. The van der Waals surface area contributed by atoms with E-state index in [4.69, 9.17) is 4.74 Å². The van der Waals surface area contributed by atoms with Crippen LogP contribution in [0.5, 0.6) is 0 Å². The van der Waals surface area contributed by atoms with E-state index in [-0.39, 0.29) is 0 Å². The summed E-state index contributed by atoms with van der Waals surface area (Å²) < 4.78 is 5.50. The predicted molar refractivity (Wildman–Crippen MR) is 117 cm³/mol. The van der Waals surface area contributed by atoms with Crippen molar-refractivity contribution in [2.45, 2.75) is 56.9 Å². The lowest BCUT2D eigenvalue weighted by atomic mass is 9.84. The molecule has 0 aromatic rings. The van der Waals surface area contributed by atoms with Crippen LogP contribution in [0.4, 0.5) is 0 Å². The fourth-order valence-corrected chi connectivity index (χ4v) is 5.15. The molecule has 3 aliphatic heterocycles. The van der Waals surface area contributed by atoms with Gasteiger partial charge in [0, 0.05) is 45.9 Å². The number of ether oxygens (including phenoxy) is 1. The number of nitrogens with one attached hydrogen (secondary N) is 1. The molecule has 1 N–H and O–H groups in total. The number of likely N-dealkylation sites (tertiary alicyclic amines) is 2. The van der Waals surface area contributed by atoms with Crippen LogP contribution in [0.15, 0.2) is 4.99 Å². The lowest BCUT2D eigenvalue weighted by Gasteiger charge is -2.50. The van der Waals surface area contributed by atoms with Crippen molar-refractivity contribution in [1.82, 2.24) is 20.0 Å². The van der Waals surface area contributed by atoms with Crippen molar-refractivity contribution in [2.24, 2.45) is 10.9 Å². The third-order valence-corrected chi connectivity index (χ3v) is 7.31. The average molecular weight is 394 g/mol. The van der Waals surface area contributed by atoms with Crippen molar-refractivity contribution in [3.63, 3.8) is 0 Å². The summed E-state index contributed by atoms with van der Waals surface area (Å²) in [5, 5.41) is 3.77. The van der Waals surface area contributed by atoms with Crippen LogP contribution in [-0.4, -0.2) is 99.8 Å². The molecule has 3 rings (SSSR count). The van der Waals surface area contributed by atoms with E-state index in [2.05, 4.69) is 39.1 Å². The molecule has 3 aliphatic rings. The predicted octanol–water partition coefficient (Wildman–Crippen LogP) is 2.26. The molecule has 0 atom stereocenters. The number of hydrogen-bond donors (Lipinski definition) is 1. The summed E-state index contributed by atoms with van der Waals surface area (Å²) in [5.74, 6) is 1.87. The Morgan fingerprint density at radius 3 is 2.43 bits per heavy atom. The Labute approximate surface area is 172 Å². The molecule has 6 heteroatoms. The molecule has 0 bridgehead atoms. The molecular formula is C22H43N5O. The summed E-state index contributed by atoms with van der Waals surface area (Å²) in [6, 6.07) is 0. The normalized spacial score (nSPS) is 25.6. The van der Waals surface area contributed by atoms with Gasteiger partial charge < -0.3 is 19.9 Å². The third-order valence-electron chi connectivity index (χ3n) is 7.31. The van der Waals surface area contributed by atoms with Crippen LogP contribution < -0.4 is 5.32 Å². The highest BCUT2D eigenvalue weighted by Gasteiger charge is 2.39. The lowest BCUT2D eigenvalue weighted by Crippen LogP contribution is -2.62. The Morgan fingerprint density at radius 2 is 1.79 bits per heavy atom. The molecule has 0 aromatic carbocycles. The summed E-state index contributed by atoms with van der Waals surface area (Å²) in [6.07, 6.45) is 10.3. The highest BCUT2D eigenvalue weighted by molar-refractivity contribution is 5.79. The molecule has 3 fully saturated rings. The van der Waals surface area contributed by atoms with Crippen LogP contribution in [0, 0.1) is 5.92 Å². The molecule has 0 amide bonds. The van der Waals surface area contributed by atoms with Gasteiger partial charge in [0.05, 0.1) is 0 Å². The number of guanidine groups is 1. The van der Waals surface area contributed by atoms with Gasteiger partial charge in [-0.05, 0) is 84.1 Å². The summed E-state index contributed by atoms with van der Waals surface area (Å²) in [7, 11) is 6.38. The first-order valence-corrected chi connectivity index (χ1v) is 11.6. The largest absolute Gasteiger partial charge is 0.381 e. The molecule has 0 spiro atoms. The Hall–Kier alpha value is -0.850. The molecule has 162 valence electrons. The lowest BCUT2D eigenvalue weighted by molar-refractivity contribution is 0.0169. The quantitative estimate of drug-likeness (QED) is 0.554. The van der Waals surface area contributed by atoms with Gasteiger partial charge in [-0.1, -0.05) is 6.42 Å². The van der Waals surface area contributed by atoms with Crippen LogP contribution >= 0.6 is 0 Å². The van der Waals surface area contributed by atoms with E-state index in [9.17, 15) is 0 Å². The van der Waals surface area contributed by atoms with Crippen LogP contribution in [0.2, 0.25) is 0 Å². The van der Waals surface area contributed by atoms with E-state index in [1.807, 2.05) is 7.05 Å². The summed E-state index contributed by atoms with van der Waals surface area (Å²) in [5.41, 5.74) is 0.296. The van der Waals surface area contributed by atoms with Gasteiger partial charge >= 0.3 is 0 Å². The van der Waals surface area contributed by atoms with Crippen LogP contribution in [0.3, 0.4) is 0 Å². The second-order valence-corrected chi connectivity index (χ2v) is 9.24. The first kappa shape index (κ1) is 21.8. The van der Waals surface area contributed by atoms with Crippen molar-refractivity contribution < 1.29 is 4.74 Å². The fraction of sp³-hybridized carbons (Fsp3) is 0.955. The number of aliphatic imine (C=N–C) groups is 1. The first-order valence-electron chi connectivity index (χ1n) is 11.6. The molecule has 0 radical (unpaired) electrons. The van der Waals surface area contributed by atoms with Gasteiger partial charge in [0.15, 0.2) is 5.96 Å². The zero-order chi connectivity index (χ0) is 19.8. The van der Waals surface area contributed by atoms with Crippen LogP contribution in [0.25, 0.3) is 0 Å². The molecule has 3 saturated heterocycles. The van der Waals surface area contributed by atoms with Crippen molar-refractivity contribution >= 4 is 5.96 Å². The summed E-state index contributed by atoms with van der Waals surface area (Å²) >= 11 is 0. The van der Waals surface area contributed by atoms with Gasteiger partial charge in [0.2, 0.25) is 0 Å². The van der Waals surface area contributed by atoms with E-state index >= 15 is 0 Å². The minimum absolute atomic E-state index is 0.296. The highest BCUT2D eigenvalue weighted by Crippen LogP contribution is 2.31. The Balaban J connectivity index is 1.54. The molecular weight excluding hydrogens is 350 g/mol. The molecule has 0 aliphatic carbocycles. The van der Waals surface area contributed by atoms with Gasteiger partial charge in [0.25, 0.3) is 0 Å². The van der Waals surface area contributed by atoms with Gasteiger partial charge in [-0.25, -0.2) is 0 Å². The molecule has 6 nitrogen and oxygen atoms in total. The van der Waals surface area contributed by atoms with Crippen molar-refractivity contribution in [1.29, 1.82) is 0 Å². The third kappa shape index (κ3) is 5.83. The van der Waals surface area contributed by atoms with Gasteiger partial charge in [0.1, 0.15) is 0 Å².